The Morgan fingerprint density at radius 3 is 2.41 bits per heavy atom. The summed E-state index contributed by atoms with van der Waals surface area (Å²) in [6, 6.07) is 2.38. The molecule has 0 saturated carbocycles. The predicted octanol–water partition coefficient (Wildman–Crippen LogP) is 0.807. The van der Waals surface area contributed by atoms with Gasteiger partial charge in [-0.25, -0.2) is 13.1 Å². The molecule has 1 aromatic heterocycles. The van der Waals surface area contributed by atoms with Crippen LogP contribution in [0.4, 0.5) is 0 Å². The molecule has 0 aliphatic carbocycles. The fourth-order valence-corrected chi connectivity index (χ4v) is 2.36. The van der Waals surface area contributed by atoms with Crippen LogP contribution in [-0.4, -0.2) is 38.0 Å². The Labute approximate surface area is 128 Å². The zero-order valence-corrected chi connectivity index (χ0v) is 13.7. The maximum atomic E-state index is 12.2. The number of nitrogens with one attached hydrogen (secondary N) is 2. The van der Waals surface area contributed by atoms with Crippen LogP contribution in [0.1, 0.15) is 37.7 Å². The average Bonchev–Trinajstić information content (AvgIpc) is 2.87. The summed E-state index contributed by atoms with van der Waals surface area (Å²) < 4.78 is 30.2. The van der Waals surface area contributed by atoms with Crippen molar-refractivity contribution in [2.24, 2.45) is 5.92 Å². The molecule has 0 aliphatic rings. The van der Waals surface area contributed by atoms with Gasteiger partial charge in [-0.2, -0.15) is 0 Å². The SMILES string of the molecule is CNS(=O)(=O)c1ccc(C(=O)NC(C)(CC(=O)O)C(C)C)o1. The second kappa shape index (κ2) is 6.49. The van der Waals surface area contributed by atoms with Crippen LogP contribution < -0.4 is 10.0 Å². The molecule has 1 aromatic rings. The van der Waals surface area contributed by atoms with Gasteiger partial charge in [0.1, 0.15) is 0 Å². The molecule has 0 bridgehead atoms. The van der Waals surface area contributed by atoms with Gasteiger partial charge in [0.25, 0.3) is 15.9 Å². The Bertz CT molecular complexity index is 664. The monoisotopic (exact) mass is 332 g/mol. The highest BCUT2D eigenvalue weighted by molar-refractivity contribution is 7.89. The zero-order valence-electron chi connectivity index (χ0n) is 12.8. The number of aliphatic carboxylic acids is 1. The number of carbonyl (C=O) groups excluding carboxylic acids is 1. The smallest absolute Gasteiger partial charge is 0.305 e. The highest BCUT2D eigenvalue weighted by Crippen LogP contribution is 2.22. The van der Waals surface area contributed by atoms with Crippen LogP contribution in [0.2, 0.25) is 0 Å². The molecule has 0 aliphatic heterocycles. The molecule has 0 aromatic carbocycles. The molecule has 3 N–H and O–H groups in total. The molecule has 0 radical (unpaired) electrons. The van der Waals surface area contributed by atoms with Crippen LogP contribution in [0.15, 0.2) is 21.6 Å². The van der Waals surface area contributed by atoms with Crippen molar-refractivity contribution in [2.45, 2.75) is 37.8 Å². The van der Waals surface area contributed by atoms with E-state index in [0.29, 0.717) is 0 Å². The molecule has 1 heterocycles. The molecule has 1 unspecified atom stereocenters. The molecule has 1 atom stereocenters. The number of hydrogen-bond acceptors (Lipinski definition) is 5. The van der Waals surface area contributed by atoms with E-state index in [1.54, 1.807) is 20.8 Å². The first-order valence-electron chi connectivity index (χ1n) is 6.59. The van der Waals surface area contributed by atoms with E-state index in [0.717, 1.165) is 6.07 Å². The standard InChI is InChI=1S/C13H20N2O6S/c1-8(2)13(3,7-10(16)17)15-12(18)9-5-6-11(21-9)22(19,20)14-4/h5-6,8,14H,7H2,1-4H3,(H,15,18)(H,16,17). The van der Waals surface area contributed by atoms with Crippen LogP contribution in [0.25, 0.3) is 0 Å². The first-order chi connectivity index (χ1) is 10.0. The Hall–Kier alpha value is -1.87. The topological polar surface area (TPSA) is 126 Å². The molecule has 1 amide bonds. The number of rotatable bonds is 7. The van der Waals surface area contributed by atoms with Crippen LogP contribution in [0.5, 0.6) is 0 Å². The molecular weight excluding hydrogens is 312 g/mol. The third kappa shape index (κ3) is 4.08. The maximum Gasteiger partial charge on any atom is 0.305 e. The van der Waals surface area contributed by atoms with Crippen molar-refractivity contribution in [2.75, 3.05) is 7.05 Å². The fourth-order valence-electron chi connectivity index (χ4n) is 1.71. The van der Waals surface area contributed by atoms with Gasteiger partial charge in [-0.3, -0.25) is 9.59 Å². The van der Waals surface area contributed by atoms with Crippen molar-refractivity contribution in [3.63, 3.8) is 0 Å². The van der Waals surface area contributed by atoms with Gasteiger partial charge in [-0.15, -0.1) is 0 Å². The summed E-state index contributed by atoms with van der Waals surface area (Å²) in [7, 11) is -2.56. The lowest BCUT2D eigenvalue weighted by Crippen LogP contribution is -2.51. The fraction of sp³-hybridized carbons (Fsp3) is 0.538. The number of furan rings is 1. The summed E-state index contributed by atoms with van der Waals surface area (Å²) in [4.78, 5) is 23.1. The van der Waals surface area contributed by atoms with Crippen molar-refractivity contribution in [3.8, 4) is 0 Å². The average molecular weight is 332 g/mol. The number of amides is 1. The summed E-state index contributed by atoms with van der Waals surface area (Å²) in [6.07, 6.45) is -0.265. The van der Waals surface area contributed by atoms with E-state index in [4.69, 9.17) is 9.52 Å². The summed E-state index contributed by atoms with van der Waals surface area (Å²) >= 11 is 0. The second-order valence-electron chi connectivity index (χ2n) is 5.42. The lowest BCUT2D eigenvalue weighted by atomic mass is 9.85. The van der Waals surface area contributed by atoms with Crippen LogP contribution in [0.3, 0.4) is 0 Å². The van der Waals surface area contributed by atoms with Gasteiger partial charge >= 0.3 is 5.97 Å². The number of hydrogen-bond donors (Lipinski definition) is 3. The summed E-state index contributed by atoms with van der Waals surface area (Å²) in [5.41, 5.74) is -0.988. The normalized spacial score (nSPS) is 14.6. The van der Waals surface area contributed by atoms with Crippen LogP contribution in [0, 0.1) is 5.92 Å². The molecule has 0 spiro atoms. The summed E-state index contributed by atoms with van der Waals surface area (Å²) in [6.45, 7) is 5.17. The highest BCUT2D eigenvalue weighted by Gasteiger charge is 2.34. The molecule has 22 heavy (non-hydrogen) atoms. The van der Waals surface area contributed by atoms with Gasteiger partial charge in [0.2, 0.25) is 5.09 Å². The van der Waals surface area contributed by atoms with E-state index in [1.165, 1.54) is 13.1 Å². The van der Waals surface area contributed by atoms with Gasteiger partial charge in [0.05, 0.1) is 12.0 Å². The lowest BCUT2D eigenvalue weighted by molar-refractivity contribution is -0.138. The minimum atomic E-state index is -3.78. The van der Waals surface area contributed by atoms with Gasteiger partial charge in [0.15, 0.2) is 5.76 Å². The van der Waals surface area contributed by atoms with E-state index in [-0.39, 0.29) is 23.2 Å². The minimum absolute atomic E-state index is 0.150. The molecule has 1 rings (SSSR count). The van der Waals surface area contributed by atoms with Crippen molar-refractivity contribution < 1.29 is 27.5 Å². The molecule has 0 fully saturated rings. The molecule has 8 nitrogen and oxygen atoms in total. The summed E-state index contributed by atoms with van der Waals surface area (Å²) in [5, 5.41) is 11.2. The van der Waals surface area contributed by atoms with Crippen LogP contribution >= 0.6 is 0 Å². The van der Waals surface area contributed by atoms with Crippen molar-refractivity contribution in [3.05, 3.63) is 17.9 Å². The van der Waals surface area contributed by atoms with E-state index in [2.05, 4.69) is 10.0 Å². The second-order valence-corrected chi connectivity index (χ2v) is 7.24. The van der Waals surface area contributed by atoms with Gasteiger partial charge in [-0.1, -0.05) is 13.8 Å². The summed E-state index contributed by atoms with van der Waals surface area (Å²) in [5.74, 6) is -2.07. The van der Waals surface area contributed by atoms with E-state index < -0.39 is 27.4 Å². The third-order valence-electron chi connectivity index (χ3n) is 3.53. The quantitative estimate of drug-likeness (QED) is 0.678. The third-order valence-corrected chi connectivity index (χ3v) is 4.82. The Morgan fingerprint density at radius 2 is 1.95 bits per heavy atom. The number of carboxylic acids is 1. The minimum Gasteiger partial charge on any atom is -0.481 e. The molecule has 0 saturated heterocycles. The van der Waals surface area contributed by atoms with Crippen molar-refractivity contribution in [1.29, 1.82) is 0 Å². The Morgan fingerprint density at radius 1 is 1.36 bits per heavy atom. The zero-order chi connectivity index (χ0) is 17.1. The van der Waals surface area contributed by atoms with Gasteiger partial charge in [-0.05, 0) is 32.0 Å². The number of sulfonamides is 1. The number of carbonyl (C=O) groups is 2. The van der Waals surface area contributed by atoms with E-state index in [9.17, 15) is 18.0 Å². The number of carboxylic acid groups (broad SMARTS) is 1. The van der Waals surface area contributed by atoms with E-state index in [1.807, 2.05) is 0 Å². The first kappa shape index (κ1) is 18.2. The van der Waals surface area contributed by atoms with Crippen LogP contribution in [-0.2, 0) is 14.8 Å². The van der Waals surface area contributed by atoms with Crippen molar-refractivity contribution >= 4 is 21.9 Å². The predicted molar refractivity (Wildman–Crippen MR) is 77.9 cm³/mol. The van der Waals surface area contributed by atoms with Gasteiger partial charge < -0.3 is 14.8 Å². The van der Waals surface area contributed by atoms with E-state index >= 15 is 0 Å². The molecule has 124 valence electrons. The first-order valence-corrected chi connectivity index (χ1v) is 8.08. The molecule has 9 heteroatoms. The Kier molecular flexibility index (Phi) is 5.36. The Balaban J connectivity index is 2.99. The largest absolute Gasteiger partial charge is 0.481 e. The molecular formula is C13H20N2O6S. The van der Waals surface area contributed by atoms with Crippen molar-refractivity contribution in [1.82, 2.24) is 10.0 Å². The van der Waals surface area contributed by atoms with Gasteiger partial charge in [0, 0.05) is 0 Å². The lowest BCUT2D eigenvalue weighted by Gasteiger charge is -2.33. The maximum absolute atomic E-state index is 12.2. The highest BCUT2D eigenvalue weighted by atomic mass is 32.2.